The molecule has 0 spiro atoms. The van der Waals surface area contributed by atoms with Crippen LogP contribution in [0.1, 0.15) is 10.5 Å². The van der Waals surface area contributed by atoms with Crippen LogP contribution in [0.15, 0.2) is 36.8 Å². The van der Waals surface area contributed by atoms with Gasteiger partial charge in [-0.25, -0.2) is 14.8 Å². The smallest absolute Gasteiger partial charge is 0.354 e. The molecule has 2 N–H and O–H groups in total. The highest BCUT2D eigenvalue weighted by atomic mass is 35.5. The molecule has 2 heterocycles. The van der Waals surface area contributed by atoms with Crippen molar-refractivity contribution in [1.29, 1.82) is 0 Å². The predicted molar refractivity (Wildman–Crippen MR) is 54.8 cm³/mol. The molecule has 0 fully saturated rings. The molecule has 2 rings (SSSR count). The van der Waals surface area contributed by atoms with Crippen LogP contribution in [-0.4, -0.2) is 26.0 Å². The number of hydrogen-bond donors (Lipinski definition) is 2. The third-order valence-electron chi connectivity index (χ3n) is 1.35. The van der Waals surface area contributed by atoms with Gasteiger partial charge in [0, 0.05) is 18.6 Å². The van der Waals surface area contributed by atoms with E-state index in [0.29, 0.717) is 5.28 Å². The van der Waals surface area contributed by atoms with Crippen molar-refractivity contribution in [1.82, 2.24) is 15.0 Å². The maximum Gasteiger partial charge on any atom is 0.354 e. The minimum absolute atomic E-state index is 0.0810. The first kappa shape index (κ1) is 11.2. The molecule has 0 atom stereocenters. The van der Waals surface area contributed by atoms with Crippen molar-refractivity contribution in [2.45, 2.75) is 0 Å². The Hall–Kier alpha value is -1.88. The third kappa shape index (κ3) is 4.24. The number of carbonyl (C=O) groups is 1. The van der Waals surface area contributed by atoms with Crippen molar-refractivity contribution >= 4 is 17.6 Å². The minimum atomic E-state index is -0.990. The van der Waals surface area contributed by atoms with E-state index in [1.165, 1.54) is 12.3 Å². The average Bonchev–Trinajstić information content (AvgIpc) is 2.71. The van der Waals surface area contributed by atoms with Crippen LogP contribution in [0, 0.1) is 0 Å². The van der Waals surface area contributed by atoms with Gasteiger partial charge in [0.1, 0.15) is 5.69 Å². The Balaban J connectivity index is 0.000000162. The van der Waals surface area contributed by atoms with Crippen LogP contribution < -0.4 is 0 Å². The Bertz CT molecular complexity index is 403. The number of rotatable bonds is 1. The molecule has 0 unspecified atom stereocenters. The molecule has 5 nitrogen and oxygen atoms in total. The van der Waals surface area contributed by atoms with Crippen LogP contribution in [0.5, 0.6) is 0 Å². The number of aromatic nitrogens is 3. The molecule has 6 heteroatoms. The highest BCUT2D eigenvalue weighted by molar-refractivity contribution is 6.28. The summed E-state index contributed by atoms with van der Waals surface area (Å²) in [6.07, 6.45) is 4.72. The molecule has 0 bridgehead atoms. The van der Waals surface area contributed by atoms with E-state index in [0.717, 1.165) is 0 Å². The number of halogens is 1. The Morgan fingerprint density at radius 1 is 1.33 bits per heavy atom. The molecule has 2 aromatic rings. The molecular weight excluding hydrogens is 218 g/mol. The number of aromatic carboxylic acids is 1. The first-order valence-electron chi connectivity index (χ1n) is 3.99. The summed E-state index contributed by atoms with van der Waals surface area (Å²) in [6, 6.07) is 4.76. The first-order chi connectivity index (χ1) is 7.20. The highest BCUT2D eigenvalue weighted by Crippen LogP contribution is 1.93. The summed E-state index contributed by atoms with van der Waals surface area (Å²) in [4.78, 5) is 20.0. The number of pyridine rings is 1. The molecule has 0 saturated carbocycles. The van der Waals surface area contributed by atoms with Gasteiger partial charge in [0.05, 0.1) is 0 Å². The molecule has 0 amide bonds. The Kier molecular flexibility index (Phi) is 4.30. The summed E-state index contributed by atoms with van der Waals surface area (Å²) in [5.41, 5.74) is 0.0810. The Morgan fingerprint density at radius 2 is 2.13 bits per heavy atom. The number of H-pyrrole nitrogens is 1. The van der Waals surface area contributed by atoms with Gasteiger partial charge in [-0.1, -0.05) is 6.07 Å². The lowest BCUT2D eigenvalue weighted by Crippen LogP contribution is -1.97. The summed E-state index contributed by atoms with van der Waals surface area (Å²) >= 11 is 5.29. The standard InChI is InChI=1S/C6H5NO2.C3H3ClN2/c8-6(9)5-3-1-2-4-7-5;4-3-5-1-2-6-3/h1-4H,(H,8,9);1-2H,(H,5,6). The summed E-state index contributed by atoms with van der Waals surface area (Å²) in [6.45, 7) is 0. The second-order valence-corrected chi connectivity index (χ2v) is 2.76. The van der Waals surface area contributed by atoms with Crippen molar-refractivity contribution in [3.63, 3.8) is 0 Å². The zero-order chi connectivity index (χ0) is 11.1. The largest absolute Gasteiger partial charge is 0.477 e. The van der Waals surface area contributed by atoms with Crippen molar-refractivity contribution in [3.8, 4) is 0 Å². The number of nitrogens with zero attached hydrogens (tertiary/aromatic N) is 2. The normalized spacial score (nSPS) is 8.87. The van der Waals surface area contributed by atoms with Crippen molar-refractivity contribution in [2.75, 3.05) is 0 Å². The second-order valence-electron chi connectivity index (χ2n) is 2.40. The van der Waals surface area contributed by atoms with Gasteiger partial charge in [-0.3, -0.25) is 0 Å². The molecule has 0 aliphatic carbocycles. The fourth-order valence-corrected chi connectivity index (χ4v) is 0.855. The fraction of sp³-hybridized carbons (Fsp3) is 0. The van der Waals surface area contributed by atoms with E-state index in [-0.39, 0.29) is 5.69 Å². The van der Waals surface area contributed by atoms with E-state index in [9.17, 15) is 4.79 Å². The zero-order valence-electron chi connectivity index (χ0n) is 7.59. The van der Waals surface area contributed by atoms with E-state index < -0.39 is 5.97 Å². The highest BCUT2D eigenvalue weighted by Gasteiger charge is 1.98. The van der Waals surface area contributed by atoms with Crippen LogP contribution in [0.2, 0.25) is 5.28 Å². The lowest BCUT2D eigenvalue weighted by Gasteiger charge is -1.87. The van der Waals surface area contributed by atoms with Crippen molar-refractivity contribution in [2.24, 2.45) is 0 Å². The molecule has 15 heavy (non-hydrogen) atoms. The first-order valence-corrected chi connectivity index (χ1v) is 4.37. The van der Waals surface area contributed by atoms with Gasteiger partial charge in [0.15, 0.2) is 5.28 Å². The lowest BCUT2D eigenvalue weighted by molar-refractivity contribution is 0.0690. The quantitative estimate of drug-likeness (QED) is 0.776. The van der Waals surface area contributed by atoms with Crippen LogP contribution in [0.25, 0.3) is 0 Å². The number of hydrogen-bond acceptors (Lipinski definition) is 3. The van der Waals surface area contributed by atoms with Gasteiger partial charge in [0.25, 0.3) is 0 Å². The molecule has 0 saturated heterocycles. The zero-order valence-corrected chi connectivity index (χ0v) is 8.35. The van der Waals surface area contributed by atoms with E-state index in [1.54, 1.807) is 24.5 Å². The maximum absolute atomic E-state index is 10.1. The van der Waals surface area contributed by atoms with Crippen molar-refractivity contribution in [3.05, 3.63) is 47.8 Å². The van der Waals surface area contributed by atoms with E-state index in [1.807, 2.05) is 0 Å². The minimum Gasteiger partial charge on any atom is -0.477 e. The fourth-order valence-electron chi connectivity index (χ4n) is 0.735. The molecule has 0 aliphatic rings. The number of imidazole rings is 1. The summed E-state index contributed by atoms with van der Waals surface area (Å²) < 4.78 is 0. The van der Waals surface area contributed by atoms with Gasteiger partial charge in [-0.05, 0) is 23.7 Å². The topological polar surface area (TPSA) is 78.9 Å². The van der Waals surface area contributed by atoms with Crippen LogP contribution in [0.4, 0.5) is 0 Å². The van der Waals surface area contributed by atoms with Gasteiger partial charge >= 0.3 is 5.97 Å². The van der Waals surface area contributed by atoms with Crippen LogP contribution in [-0.2, 0) is 0 Å². The number of carboxylic acid groups (broad SMARTS) is 1. The molecule has 0 aromatic carbocycles. The van der Waals surface area contributed by atoms with Crippen LogP contribution in [0.3, 0.4) is 0 Å². The molecule has 0 aliphatic heterocycles. The van der Waals surface area contributed by atoms with E-state index >= 15 is 0 Å². The van der Waals surface area contributed by atoms with Gasteiger partial charge in [-0.2, -0.15) is 0 Å². The lowest BCUT2D eigenvalue weighted by atomic mass is 10.4. The summed E-state index contributed by atoms with van der Waals surface area (Å²) in [7, 11) is 0. The van der Waals surface area contributed by atoms with Gasteiger partial charge in [0.2, 0.25) is 0 Å². The molecule has 78 valence electrons. The average molecular weight is 226 g/mol. The second kappa shape index (κ2) is 5.77. The SMILES string of the molecule is Clc1ncc[nH]1.O=C(O)c1ccccn1. The predicted octanol–water partition coefficient (Wildman–Crippen LogP) is 1.84. The van der Waals surface area contributed by atoms with E-state index in [2.05, 4.69) is 15.0 Å². The monoisotopic (exact) mass is 225 g/mol. The van der Waals surface area contributed by atoms with Gasteiger partial charge < -0.3 is 10.1 Å². The van der Waals surface area contributed by atoms with Gasteiger partial charge in [-0.15, -0.1) is 0 Å². The number of carboxylic acids is 1. The molecule has 2 aromatic heterocycles. The Labute approximate surface area is 90.8 Å². The van der Waals surface area contributed by atoms with Crippen molar-refractivity contribution < 1.29 is 9.90 Å². The molecular formula is C9H8ClN3O2. The van der Waals surface area contributed by atoms with Crippen LogP contribution >= 0.6 is 11.6 Å². The number of nitrogens with one attached hydrogen (secondary N) is 1. The molecule has 0 radical (unpaired) electrons. The number of aromatic amines is 1. The summed E-state index contributed by atoms with van der Waals surface area (Å²) in [5, 5.41) is 8.76. The Morgan fingerprint density at radius 3 is 2.40 bits per heavy atom. The maximum atomic E-state index is 10.1. The summed E-state index contributed by atoms with van der Waals surface area (Å²) in [5.74, 6) is -0.990. The van der Waals surface area contributed by atoms with E-state index in [4.69, 9.17) is 16.7 Å². The third-order valence-corrected chi connectivity index (χ3v) is 1.56.